The number of rotatable bonds is 69. The summed E-state index contributed by atoms with van der Waals surface area (Å²) in [6.07, 6.45) is 58.5. The van der Waals surface area contributed by atoms with E-state index in [1.165, 1.54) is 219 Å². The minimum Gasteiger partial charge on any atom is -0.355 e. The Morgan fingerprint density at radius 1 is 0.321 bits per heavy atom. The number of hydrogen-bond donors (Lipinski definition) is 10. The maximum atomic E-state index is 13.6. The van der Waals surface area contributed by atoms with E-state index in [-0.39, 0.29) is 23.9 Å². The van der Waals surface area contributed by atoms with Gasteiger partial charge in [-0.25, -0.2) is 0 Å². The molecule has 0 aliphatic rings. The van der Waals surface area contributed by atoms with Crippen LogP contribution in [0.5, 0.6) is 0 Å². The van der Waals surface area contributed by atoms with Crippen LogP contribution in [-0.4, -0.2) is 165 Å². The van der Waals surface area contributed by atoms with Crippen molar-refractivity contribution in [3.8, 4) is 0 Å². The third-order valence-corrected chi connectivity index (χ3v) is 17.4. The number of nitrogens with one attached hydrogen (secondary N) is 6. The zero-order valence-electron chi connectivity index (χ0n) is 56.5. The van der Waals surface area contributed by atoms with Gasteiger partial charge >= 0.3 is 0 Å². The first kappa shape index (κ1) is 82.0. The molecule has 0 aromatic rings. The molecule has 2 amide bonds. The van der Waals surface area contributed by atoms with Crippen LogP contribution in [0, 0.1) is 0 Å². The van der Waals surface area contributed by atoms with Crippen LogP contribution in [-0.2, 0) is 9.59 Å². The summed E-state index contributed by atoms with van der Waals surface area (Å²) in [4.78, 5) is 27.2. The molecule has 0 aliphatic carbocycles. The molecule has 0 fully saturated rings. The maximum absolute atomic E-state index is 13.6. The Morgan fingerprint density at radius 3 is 0.905 bits per heavy atom. The number of quaternary nitrogens is 2. The van der Waals surface area contributed by atoms with Crippen LogP contribution in [0.15, 0.2) is 24.3 Å². The summed E-state index contributed by atoms with van der Waals surface area (Å²) in [7, 11) is 4.99. The Labute approximate surface area is 521 Å². The average molecular weight is 1190 g/mol. The first-order chi connectivity index (χ1) is 41.1. The normalized spacial score (nSPS) is 14.1. The van der Waals surface area contributed by atoms with Gasteiger partial charge in [-0.3, -0.25) is 9.59 Å². The number of carbonyl (C=O) groups is 2. The first-order valence-electron chi connectivity index (χ1n) is 36.3. The van der Waals surface area contributed by atoms with E-state index < -0.39 is 0 Å². The van der Waals surface area contributed by atoms with Crippen molar-refractivity contribution < 1.29 is 18.6 Å². The lowest BCUT2D eigenvalue weighted by Gasteiger charge is -2.37. The van der Waals surface area contributed by atoms with Gasteiger partial charge in [0.25, 0.3) is 0 Å². The van der Waals surface area contributed by atoms with Gasteiger partial charge in [0.05, 0.1) is 65.4 Å². The lowest BCUT2D eigenvalue weighted by molar-refractivity contribution is -0.916. The Balaban J connectivity index is 5.69. The van der Waals surface area contributed by atoms with E-state index in [1.54, 1.807) is 0 Å². The van der Waals surface area contributed by atoms with Crippen molar-refractivity contribution in [1.29, 1.82) is 0 Å². The quantitative estimate of drug-likeness (QED) is 0.0158. The smallest absolute Gasteiger partial charge is 0.237 e. The molecule has 4 unspecified atom stereocenters. The summed E-state index contributed by atoms with van der Waals surface area (Å²) in [5.74, 6) is 0.243. The molecule has 0 saturated carbocycles. The zero-order chi connectivity index (χ0) is 61.4. The van der Waals surface area contributed by atoms with E-state index in [0.29, 0.717) is 39.3 Å². The fourth-order valence-electron chi connectivity index (χ4n) is 11.7. The van der Waals surface area contributed by atoms with Crippen LogP contribution in [0.1, 0.15) is 271 Å². The molecule has 0 spiro atoms. The lowest BCUT2D eigenvalue weighted by atomic mass is 10.1. The maximum Gasteiger partial charge on any atom is 0.237 e. The fraction of sp³-hybridized carbons (Fsp3) is 0.914. The molecule has 498 valence electrons. The van der Waals surface area contributed by atoms with Crippen molar-refractivity contribution in [3.05, 3.63) is 24.3 Å². The number of amides is 2. The predicted molar refractivity (Wildman–Crippen MR) is 367 cm³/mol. The molecule has 14 N–H and O–H groups in total. The van der Waals surface area contributed by atoms with Gasteiger partial charge in [-0.05, 0) is 194 Å². The molecule has 0 rings (SSSR count). The van der Waals surface area contributed by atoms with E-state index in [9.17, 15) is 9.59 Å². The summed E-state index contributed by atoms with van der Waals surface area (Å²) in [5, 5.41) is 20.6. The van der Waals surface area contributed by atoms with Crippen molar-refractivity contribution >= 4 is 11.8 Å². The molecule has 14 nitrogen and oxygen atoms in total. The molecule has 0 aliphatic heterocycles. The zero-order valence-corrected chi connectivity index (χ0v) is 56.5. The van der Waals surface area contributed by atoms with Crippen LogP contribution in [0.4, 0.5) is 0 Å². The van der Waals surface area contributed by atoms with Gasteiger partial charge in [0.15, 0.2) is 0 Å². The highest BCUT2D eigenvalue weighted by atomic mass is 16.2. The van der Waals surface area contributed by atoms with Gasteiger partial charge in [0.1, 0.15) is 0 Å². The first-order valence-corrected chi connectivity index (χ1v) is 36.3. The standard InChI is InChI=1S/C70H146N12O2/c1-5-7-9-11-13-15-17-19-21-23-25-27-29-31-33-35-61-81(3,65-45-59-79-69(83)67(77-57-43-51-73)47-39-53-75-55-41-49-71)63-37-38-64-82(4,62-36-34-32-30-28-26-24-22-20-18-16-14-12-10-8-6-2)66-46-60-80-70(84)68(78-58-44-52-74)48-40-54-76-56-42-50-72/h19-22,67-68,75-78H,5-18,23-66,71-74H2,1-4H3/p+2. The SMILES string of the molecule is CCCCCCCCC=CCCCCCCCC[N+](C)(CCCC[N+](C)(CCCCCCCCC=CCCCCCCCC)CCCNC(=O)C(CCCNCCCN)NCCCN)CCCNC(=O)C(CCCNCCCN)NCCCN. The van der Waals surface area contributed by atoms with E-state index >= 15 is 0 Å². The van der Waals surface area contributed by atoms with Crippen molar-refractivity contribution in [1.82, 2.24) is 31.9 Å². The van der Waals surface area contributed by atoms with Gasteiger partial charge in [-0.1, -0.05) is 141 Å². The van der Waals surface area contributed by atoms with Crippen molar-refractivity contribution in [3.63, 3.8) is 0 Å². The molecule has 0 heterocycles. The van der Waals surface area contributed by atoms with Gasteiger partial charge in [-0.2, -0.15) is 0 Å². The fourth-order valence-corrected chi connectivity index (χ4v) is 11.7. The minimum absolute atomic E-state index is 0.121. The largest absolute Gasteiger partial charge is 0.355 e. The number of allylic oxidation sites excluding steroid dienone is 4. The van der Waals surface area contributed by atoms with Crippen LogP contribution >= 0.6 is 0 Å². The molecule has 0 aromatic heterocycles. The Hall–Kier alpha value is -1.98. The molecular weight excluding hydrogens is 1040 g/mol. The third-order valence-electron chi connectivity index (χ3n) is 17.4. The number of nitrogens with two attached hydrogens (primary N) is 4. The lowest BCUT2D eigenvalue weighted by Crippen LogP contribution is -2.50. The number of hydrogen-bond acceptors (Lipinski definition) is 10. The average Bonchev–Trinajstić information content (AvgIpc) is 3.64. The van der Waals surface area contributed by atoms with Gasteiger partial charge in [0, 0.05) is 38.8 Å². The summed E-state index contributed by atoms with van der Waals surface area (Å²) in [5.41, 5.74) is 23.0. The van der Waals surface area contributed by atoms with E-state index in [1.807, 2.05) is 0 Å². The van der Waals surface area contributed by atoms with Crippen molar-refractivity contribution in [2.45, 2.75) is 283 Å². The third kappa shape index (κ3) is 55.3. The highest BCUT2D eigenvalue weighted by Gasteiger charge is 2.25. The molecule has 0 aromatic carbocycles. The molecule has 14 heteroatoms. The van der Waals surface area contributed by atoms with Crippen LogP contribution < -0.4 is 54.8 Å². The summed E-state index contributed by atoms with van der Waals surface area (Å²) >= 11 is 0. The monoisotopic (exact) mass is 1190 g/mol. The Bertz CT molecular complexity index is 1340. The second kappa shape index (κ2) is 64.0. The number of carbonyl (C=O) groups excluding carboxylic acids is 2. The second-order valence-corrected chi connectivity index (χ2v) is 25.8. The van der Waals surface area contributed by atoms with Crippen LogP contribution in [0.3, 0.4) is 0 Å². The number of unbranched alkanes of at least 4 members (excludes halogenated alkanes) is 25. The molecule has 0 saturated heterocycles. The van der Waals surface area contributed by atoms with Crippen LogP contribution in [0.25, 0.3) is 0 Å². The van der Waals surface area contributed by atoms with Gasteiger partial charge in [0.2, 0.25) is 11.8 Å². The highest BCUT2D eigenvalue weighted by Crippen LogP contribution is 2.18. The molecule has 4 atom stereocenters. The summed E-state index contributed by atoms with van der Waals surface area (Å²) in [6, 6.07) is -0.388. The van der Waals surface area contributed by atoms with E-state index in [2.05, 4.69) is 84.1 Å². The Kier molecular flexibility index (Phi) is 62.5. The molecule has 0 bridgehead atoms. The van der Waals surface area contributed by atoms with E-state index in [4.69, 9.17) is 22.9 Å². The predicted octanol–water partition coefficient (Wildman–Crippen LogP) is 11.8. The second-order valence-electron chi connectivity index (χ2n) is 25.8. The number of nitrogens with zero attached hydrogens (tertiary/aromatic N) is 2. The van der Waals surface area contributed by atoms with Crippen molar-refractivity contribution in [2.24, 2.45) is 22.9 Å². The minimum atomic E-state index is -0.194. The molecule has 0 radical (unpaired) electrons. The summed E-state index contributed by atoms with van der Waals surface area (Å²) in [6.45, 7) is 20.7. The summed E-state index contributed by atoms with van der Waals surface area (Å²) < 4.78 is 2.14. The van der Waals surface area contributed by atoms with Gasteiger partial charge < -0.3 is 63.8 Å². The van der Waals surface area contributed by atoms with E-state index in [0.717, 1.165) is 126 Å². The molecular formula is C70H148N12O2+2. The Morgan fingerprint density at radius 2 is 0.583 bits per heavy atom. The van der Waals surface area contributed by atoms with Crippen LogP contribution in [0.2, 0.25) is 0 Å². The molecule has 84 heavy (non-hydrogen) atoms. The van der Waals surface area contributed by atoms with Gasteiger partial charge in [-0.15, -0.1) is 0 Å². The van der Waals surface area contributed by atoms with Crippen molar-refractivity contribution in [2.75, 3.05) is 132 Å². The topological polar surface area (TPSA) is 210 Å². The highest BCUT2D eigenvalue weighted by molar-refractivity contribution is 5.82.